The zero-order valence-corrected chi connectivity index (χ0v) is 20.7. The predicted octanol–water partition coefficient (Wildman–Crippen LogP) is 6.31. The molecule has 0 spiro atoms. The summed E-state index contributed by atoms with van der Waals surface area (Å²) in [6, 6.07) is 29.6. The third-order valence-corrected chi connectivity index (χ3v) is 7.47. The second-order valence-corrected chi connectivity index (χ2v) is 10.6. The lowest BCUT2D eigenvalue weighted by Crippen LogP contribution is -2.20. The number of rotatable bonds is 9. The van der Waals surface area contributed by atoms with Gasteiger partial charge in [0.15, 0.2) is 6.61 Å². The molecule has 0 fully saturated rings. The Hall–Kier alpha value is -3.46. The van der Waals surface area contributed by atoms with Gasteiger partial charge in [0.05, 0.1) is 10.6 Å². The van der Waals surface area contributed by atoms with Crippen LogP contribution in [0.3, 0.4) is 0 Å². The molecule has 0 radical (unpaired) electrons. The SMILES string of the molecule is O=C(COc1ccc(S(=O)(=O)Nc2ccc(Cl)cc2)cc1)Nc1ccccc1Sc1ccccc1. The van der Waals surface area contributed by atoms with Gasteiger partial charge >= 0.3 is 0 Å². The minimum absolute atomic E-state index is 0.0658. The van der Waals surface area contributed by atoms with Gasteiger partial charge in [-0.3, -0.25) is 9.52 Å². The first-order valence-electron chi connectivity index (χ1n) is 10.5. The van der Waals surface area contributed by atoms with Gasteiger partial charge in [-0.05, 0) is 72.8 Å². The maximum Gasteiger partial charge on any atom is 0.262 e. The highest BCUT2D eigenvalue weighted by Crippen LogP contribution is 2.33. The van der Waals surface area contributed by atoms with Crippen molar-refractivity contribution in [1.29, 1.82) is 0 Å². The van der Waals surface area contributed by atoms with Crippen molar-refractivity contribution < 1.29 is 17.9 Å². The standard InChI is InChI=1S/C26H21ClN2O4S2/c27-19-10-12-20(13-11-19)29-35(31,32)23-16-14-21(15-17-23)33-18-26(30)28-24-8-4-5-9-25(24)34-22-6-2-1-3-7-22/h1-17,29H,18H2,(H,28,30). The molecule has 0 aliphatic carbocycles. The van der Waals surface area contributed by atoms with Crippen molar-refractivity contribution in [3.8, 4) is 5.75 Å². The molecular formula is C26H21ClN2O4S2. The molecule has 6 nitrogen and oxygen atoms in total. The Morgan fingerprint density at radius 3 is 2.20 bits per heavy atom. The van der Waals surface area contributed by atoms with Crippen LogP contribution in [0.2, 0.25) is 5.02 Å². The van der Waals surface area contributed by atoms with Gasteiger partial charge in [-0.2, -0.15) is 0 Å². The highest BCUT2D eigenvalue weighted by Gasteiger charge is 2.15. The molecule has 4 rings (SSSR count). The first-order chi connectivity index (χ1) is 16.9. The van der Waals surface area contributed by atoms with E-state index in [0.717, 1.165) is 9.79 Å². The van der Waals surface area contributed by atoms with Gasteiger partial charge in [0.25, 0.3) is 15.9 Å². The monoisotopic (exact) mass is 524 g/mol. The van der Waals surface area contributed by atoms with Crippen LogP contribution in [0.25, 0.3) is 0 Å². The molecule has 9 heteroatoms. The average molecular weight is 525 g/mol. The number of nitrogens with one attached hydrogen (secondary N) is 2. The number of carbonyl (C=O) groups excluding carboxylic acids is 1. The molecule has 178 valence electrons. The minimum Gasteiger partial charge on any atom is -0.484 e. The Kier molecular flexibility index (Phi) is 7.97. The van der Waals surface area contributed by atoms with Crippen molar-refractivity contribution in [1.82, 2.24) is 0 Å². The molecule has 0 atom stereocenters. The van der Waals surface area contributed by atoms with E-state index in [0.29, 0.717) is 22.1 Å². The van der Waals surface area contributed by atoms with Crippen molar-refractivity contribution in [3.63, 3.8) is 0 Å². The fourth-order valence-electron chi connectivity index (χ4n) is 3.06. The van der Waals surface area contributed by atoms with Crippen LogP contribution in [0.4, 0.5) is 11.4 Å². The largest absolute Gasteiger partial charge is 0.484 e. The number of carbonyl (C=O) groups is 1. The summed E-state index contributed by atoms with van der Waals surface area (Å²) in [4.78, 5) is 14.5. The molecule has 35 heavy (non-hydrogen) atoms. The zero-order valence-electron chi connectivity index (χ0n) is 18.3. The first kappa shape index (κ1) is 24.7. The van der Waals surface area contributed by atoms with Gasteiger partial charge in [-0.15, -0.1) is 0 Å². The number of para-hydroxylation sites is 1. The Labute approximate surface area is 213 Å². The summed E-state index contributed by atoms with van der Waals surface area (Å²) in [5.41, 5.74) is 1.08. The Morgan fingerprint density at radius 1 is 0.829 bits per heavy atom. The number of anilines is 2. The van der Waals surface area contributed by atoms with E-state index in [9.17, 15) is 13.2 Å². The Bertz CT molecular complexity index is 1400. The Balaban J connectivity index is 1.34. The molecule has 4 aromatic carbocycles. The van der Waals surface area contributed by atoms with E-state index in [1.165, 1.54) is 24.3 Å². The lowest BCUT2D eigenvalue weighted by atomic mass is 10.3. The van der Waals surface area contributed by atoms with Crippen molar-refractivity contribution in [2.75, 3.05) is 16.6 Å². The van der Waals surface area contributed by atoms with Gasteiger partial charge in [-0.25, -0.2) is 8.42 Å². The fourth-order valence-corrected chi connectivity index (χ4v) is 5.16. The molecule has 0 heterocycles. The highest BCUT2D eigenvalue weighted by molar-refractivity contribution is 7.99. The molecule has 0 unspecified atom stereocenters. The molecular weight excluding hydrogens is 504 g/mol. The predicted molar refractivity (Wildman–Crippen MR) is 140 cm³/mol. The number of halogens is 1. The summed E-state index contributed by atoms with van der Waals surface area (Å²) in [5, 5.41) is 3.38. The molecule has 0 bridgehead atoms. The summed E-state index contributed by atoms with van der Waals surface area (Å²) in [6.07, 6.45) is 0. The second kappa shape index (κ2) is 11.3. The molecule has 0 aromatic heterocycles. The number of amides is 1. The molecule has 0 saturated carbocycles. The summed E-state index contributed by atoms with van der Waals surface area (Å²) in [6.45, 7) is -0.223. The number of ether oxygens (including phenoxy) is 1. The van der Waals surface area contributed by atoms with Gasteiger partial charge in [-0.1, -0.05) is 53.7 Å². The smallest absolute Gasteiger partial charge is 0.262 e. The van der Waals surface area contributed by atoms with E-state index < -0.39 is 10.0 Å². The van der Waals surface area contributed by atoms with E-state index in [1.807, 2.05) is 54.6 Å². The van der Waals surface area contributed by atoms with Crippen LogP contribution in [-0.2, 0) is 14.8 Å². The molecule has 0 saturated heterocycles. The van der Waals surface area contributed by atoms with Gasteiger partial charge < -0.3 is 10.1 Å². The summed E-state index contributed by atoms with van der Waals surface area (Å²) in [5.74, 6) is 0.0461. The lowest BCUT2D eigenvalue weighted by molar-refractivity contribution is -0.118. The van der Waals surface area contributed by atoms with Gasteiger partial charge in [0.1, 0.15) is 5.75 Å². The fraction of sp³-hybridized carbons (Fsp3) is 0.0385. The number of hydrogen-bond acceptors (Lipinski definition) is 5. The third kappa shape index (κ3) is 7.02. The normalized spacial score (nSPS) is 11.0. The average Bonchev–Trinajstić information content (AvgIpc) is 2.86. The third-order valence-electron chi connectivity index (χ3n) is 4.73. The molecule has 0 aliphatic heterocycles. The van der Waals surface area contributed by atoms with E-state index in [-0.39, 0.29) is 17.4 Å². The van der Waals surface area contributed by atoms with Crippen molar-refractivity contribution >= 4 is 50.7 Å². The summed E-state index contributed by atoms with van der Waals surface area (Å²) >= 11 is 7.39. The van der Waals surface area contributed by atoms with Gasteiger partial charge in [0.2, 0.25) is 0 Å². The summed E-state index contributed by atoms with van der Waals surface area (Å²) < 4.78 is 33.2. The Morgan fingerprint density at radius 2 is 1.49 bits per heavy atom. The van der Waals surface area contributed by atoms with Crippen LogP contribution in [0.15, 0.2) is 118 Å². The number of hydrogen-bond donors (Lipinski definition) is 2. The number of benzene rings is 4. The van der Waals surface area contributed by atoms with Crippen LogP contribution in [0.1, 0.15) is 0 Å². The zero-order chi connectivity index (χ0) is 24.7. The van der Waals surface area contributed by atoms with E-state index in [2.05, 4.69) is 10.0 Å². The van der Waals surface area contributed by atoms with E-state index in [1.54, 1.807) is 36.0 Å². The quantitative estimate of drug-likeness (QED) is 0.268. The minimum atomic E-state index is -3.78. The van der Waals surface area contributed by atoms with Crippen LogP contribution >= 0.6 is 23.4 Å². The van der Waals surface area contributed by atoms with Crippen molar-refractivity contribution in [2.24, 2.45) is 0 Å². The highest BCUT2D eigenvalue weighted by atomic mass is 35.5. The van der Waals surface area contributed by atoms with Crippen LogP contribution < -0.4 is 14.8 Å². The molecule has 0 aliphatic rings. The summed E-state index contributed by atoms with van der Waals surface area (Å²) in [7, 11) is -3.78. The topological polar surface area (TPSA) is 84.5 Å². The molecule has 4 aromatic rings. The number of sulfonamides is 1. The van der Waals surface area contributed by atoms with Crippen molar-refractivity contribution in [3.05, 3.63) is 108 Å². The van der Waals surface area contributed by atoms with E-state index in [4.69, 9.17) is 16.3 Å². The van der Waals surface area contributed by atoms with Crippen LogP contribution in [0.5, 0.6) is 5.75 Å². The second-order valence-electron chi connectivity index (χ2n) is 7.33. The molecule has 2 N–H and O–H groups in total. The first-order valence-corrected chi connectivity index (χ1v) is 13.2. The lowest BCUT2D eigenvalue weighted by Gasteiger charge is -2.12. The maximum atomic E-state index is 12.6. The molecule has 1 amide bonds. The van der Waals surface area contributed by atoms with E-state index >= 15 is 0 Å². The van der Waals surface area contributed by atoms with Crippen LogP contribution in [0, 0.1) is 0 Å². The van der Waals surface area contributed by atoms with Gasteiger partial charge in [0, 0.05) is 20.5 Å². The van der Waals surface area contributed by atoms with Crippen molar-refractivity contribution in [2.45, 2.75) is 14.7 Å². The van der Waals surface area contributed by atoms with Crippen LogP contribution in [-0.4, -0.2) is 20.9 Å². The maximum absolute atomic E-state index is 12.6.